The van der Waals surface area contributed by atoms with Gasteiger partial charge in [0.25, 0.3) is 0 Å². The normalized spacial score (nSPS) is 17.7. The molecule has 5 nitrogen and oxygen atoms in total. The van der Waals surface area contributed by atoms with Crippen LogP contribution in [0.2, 0.25) is 0 Å². The molecule has 1 saturated heterocycles. The average molecular weight is 287 g/mol. The number of amides is 2. The van der Waals surface area contributed by atoms with E-state index in [0.29, 0.717) is 5.56 Å². The SMILES string of the molecule is CC1(C)CC(=O)N(Cc2ccccc2C=CC(=O)O)C1=O. The molecule has 0 saturated carbocycles. The fraction of sp³-hybridized carbons (Fsp3) is 0.312. The summed E-state index contributed by atoms with van der Waals surface area (Å²) in [7, 11) is 0. The minimum atomic E-state index is -1.04. The van der Waals surface area contributed by atoms with Gasteiger partial charge in [-0.25, -0.2) is 4.79 Å². The maximum atomic E-state index is 12.2. The molecule has 1 N–H and O–H groups in total. The molecule has 0 radical (unpaired) electrons. The number of likely N-dealkylation sites (tertiary alicyclic amines) is 1. The number of nitrogens with zero attached hydrogens (tertiary/aromatic N) is 1. The zero-order valence-corrected chi connectivity index (χ0v) is 12.0. The van der Waals surface area contributed by atoms with Gasteiger partial charge in [-0.05, 0) is 17.2 Å². The van der Waals surface area contributed by atoms with Crippen LogP contribution in [0.15, 0.2) is 30.3 Å². The number of carboxylic acid groups (broad SMARTS) is 1. The summed E-state index contributed by atoms with van der Waals surface area (Å²) >= 11 is 0. The number of carbonyl (C=O) groups is 3. The molecule has 110 valence electrons. The Morgan fingerprint density at radius 1 is 1.33 bits per heavy atom. The van der Waals surface area contributed by atoms with E-state index < -0.39 is 11.4 Å². The van der Waals surface area contributed by atoms with Crippen LogP contribution in [0.3, 0.4) is 0 Å². The number of carbonyl (C=O) groups excluding carboxylic acids is 2. The van der Waals surface area contributed by atoms with E-state index in [9.17, 15) is 14.4 Å². The molecule has 2 amide bonds. The van der Waals surface area contributed by atoms with Crippen molar-refractivity contribution in [3.8, 4) is 0 Å². The first kappa shape index (κ1) is 15.0. The first-order chi connectivity index (χ1) is 9.81. The van der Waals surface area contributed by atoms with Crippen LogP contribution in [-0.4, -0.2) is 27.8 Å². The van der Waals surface area contributed by atoms with Crippen molar-refractivity contribution in [3.05, 3.63) is 41.5 Å². The van der Waals surface area contributed by atoms with Gasteiger partial charge in [0.1, 0.15) is 0 Å². The lowest BCUT2D eigenvalue weighted by molar-refractivity contribution is -0.141. The van der Waals surface area contributed by atoms with Gasteiger partial charge in [-0.2, -0.15) is 0 Å². The molecule has 0 aromatic heterocycles. The molecule has 5 heteroatoms. The van der Waals surface area contributed by atoms with Crippen LogP contribution in [0.5, 0.6) is 0 Å². The van der Waals surface area contributed by atoms with Gasteiger partial charge in [0.05, 0.1) is 12.0 Å². The second kappa shape index (κ2) is 5.52. The van der Waals surface area contributed by atoms with E-state index >= 15 is 0 Å². The Bertz CT molecular complexity index is 631. The van der Waals surface area contributed by atoms with Crippen molar-refractivity contribution in [2.75, 3.05) is 0 Å². The number of benzene rings is 1. The number of aliphatic carboxylic acids is 1. The van der Waals surface area contributed by atoms with E-state index in [1.165, 1.54) is 11.0 Å². The first-order valence-corrected chi connectivity index (χ1v) is 6.65. The van der Waals surface area contributed by atoms with E-state index in [1.807, 2.05) is 0 Å². The highest BCUT2D eigenvalue weighted by Crippen LogP contribution is 2.33. The van der Waals surface area contributed by atoms with E-state index in [-0.39, 0.29) is 24.8 Å². The van der Waals surface area contributed by atoms with Gasteiger partial charge in [-0.15, -0.1) is 0 Å². The van der Waals surface area contributed by atoms with E-state index in [2.05, 4.69) is 0 Å². The van der Waals surface area contributed by atoms with Gasteiger partial charge in [0, 0.05) is 12.5 Å². The summed E-state index contributed by atoms with van der Waals surface area (Å²) in [6.07, 6.45) is 2.71. The van der Waals surface area contributed by atoms with Crippen molar-refractivity contribution >= 4 is 23.9 Å². The van der Waals surface area contributed by atoms with E-state index in [0.717, 1.165) is 11.6 Å². The lowest BCUT2D eigenvalue weighted by Gasteiger charge is -2.18. The molecule has 0 atom stereocenters. The molecule has 0 aliphatic carbocycles. The Morgan fingerprint density at radius 3 is 2.57 bits per heavy atom. The minimum absolute atomic E-state index is 0.168. The summed E-state index contributed by atoms with van der Waals surface area (Å²) in [4.78, 5) is 36.0. The van der Waals surface area contributed by atoms with Crippen LogP contribution in [0.25, 0.3) is 6.08 Å². The highest BCUT2D eigenvalue weighted by Gasteiger charge is 2.44. The standard InChI is InChI=1S/C16H17NO4/c1-16(2)9-13(18)17(15(16)21)10-12-6-4-3-5-11(12)7-8-14(19)20/h3-8H,9-10H2,1-2H3,(H,19,20). The quantitative estimate of drug-likeness (QED) is 0.679. The molecule has 2 rings (SSSR count). The molecular weight excluding hydrogens is 270 g/mol. The topological polar surface area (TPSA) is 74.7 Å². The summed E-state index contributed by atoms with van der Waals surface area (Å²) in [6, 6.07) is 7.12. The molecule has 1 aromatic rings. The summed E-state index contributed by atoms with van der Waals surface area (Å²) in [5.74, 6) is -1.43. The molecule has 1 heterocycles. The number of hydrogen-bond donors (Lipinski definition) is 1. The number of imide groups is 1. The van der Waals surface area contributed by atoms with Crippen molar-refractivity contribution in [2.24, 2.45) is 5.41 Å². The lowest BCUT2D eigenvalue weighted by Crippen LogP contribution is -2.32. The van der Waals surface area contributed by atoms with Crippen LogP contribution in [0.4, 0.5) is 0 Å². The van der Waals surface area contributed by atoms with Gasteiger partial charge in [0.15, 0.2) is 0 Å². The summed E-state index contributed by atoms with van der Waals surface area (Å²) in [5.41, 5.74) is 0.766. The van der Waals surface area contributed by atoms with E-state index in [4.69, 9.17) is 5.11 Å². The second-order valence-electron chi connectivity index (χ2n) is 5.72. The van der Waals surface area contributed by atoms with Crippen molar-refractivity contribution in [1.29, 1.82) is 0 Å². The van der Waals surface area contributed by atoms with Gasteiger partial charge in [-0.1, -0.05) is 38.1 Å². The van der Waals surface area contributed by atoms with Crippen molar-refractivity contribution in [1.82, 2.24) is 4.90 Å². The van der Waals surface area contributed by atoms with Gasteiger partial charge in [-0.3, -0.25) is 14.5 Å². The van der Waals surface area contributed by atoms with Crippen LogP contribution in [0, 0.1) is 5.41 Å². The van der Waals surface area contributed by atoms with Crippen LogP contribution < -0.4 is 0 Å². The van der Waals surface area contributed by atoms with Gasteiger partial charge < -0.3 is 5.11 Å². The molecule has 1 aliphatic heterocycles. The maximum Gasteiger partial charge on any atom is 0.328 e. The van der Waals surface area contributed by atoms with E-state index in [1.54, 1.807) is 38.1 Å². The number of rotatable bonds is 4. The Hall–Kier alpha value is -2.43. The third-order valence-corrected chi connectivity index (χ3v) is 3.51. The molecule has 0 bridgehead atoms. The summed E-state index contributed by atoms with van der Waals surface area (Å²) < 4.78 is 0. The zero-order valence-electron chi connectivity index (χ0n) is 12.0. The molecular formula is C16H17NO4. The maximum absolute atomic E-state index is 12.2. The van der Waals surface area contributed by atoms with Crippen molar-refractivity contribution < 1.29 is 19.5 Å². The Morgan fingerprint density at radius 2 is 2.00 bits per heavy atom. The van der Waals surface area contributed by atoms with Crippen LogP contribution in [0.1, 0.15) is 31.4 Å². The minimum Gasteiger partial charge on any atom is -0.478 e. The Labute approximate surface area is 122 Å². The monoisotopic (exact) mass is 287 g/mol. The molecule has 0 spiro atoms. The Kier molecular flexibility index (Phi) is 3.93. The predicted molar refractivity (Wildman–Crippen MR) is 77.1 cm³/mol. The lowest BCUT2D eigenvalue weighted by atomic mass is 9.92. The third kappa shape index (κ3) is 3.18. The van der Waals surface area contributed by atoms with Crippen molar-refractivity contribution in [3.63, 3.8) is 0 Å². The third-order valence-electron chi connectivity index (χ3n) is 3.51. The van der Waals surface area contributed by atoms with Gasteiger partial charge in [0.2, 0.25) is 11.8 Å². The largest absolute Gasteiger partial charge is 0.478 e. The Balaban J connectivity index is 2.26. The van der Waals surface area contributed by atoms with Crippen LogP contribution in [-0.2, 0) is 20.9 Å². The average Bonchev–Trinajstić information content (AvgIpc) is 2.60. The fourth-order valence-corrected chi connectivity index (χ4v) is 2.36. The second-order valence-corrected chi connectivity index (χ2v) is 5.72. The van der Waals surface area contributed by atoms with Crippen LogP contribution >= 0.6 is 0 Å². The molecule has 0 unspecified atom stereocenters. The molecule has 1 fully saturated rings. The summed E-state index contributed by atoms with van der Waals surface area (Å²) in [6.45, 7) is 3.67. The smallest absolute Gasteiger partial charge is 0.328 e. The van der Waals surface area contributed by atoms with Gasteiger partial charge >= 0.3 is 5.97 Å². The molecule has 21 heavy (non-hydrogen) atoms. The predicted octanol–water partition coefficient (Wildman–Crippen LogP) is 2.07. The summed E-state index contributed by atoms with van der Waals surface area (Å²) in [5, 5.41) is 8.70. The highest BCUT2D eigenvalue weighted by atomic mass is 16.4. The zero-order chi connectivity index (χ0) is 15.6. The first-order valence-electron chi connectivity index (χ1n) is 6.65. The van der Waals surface area contributed by atoms with Crippen molar-refractivity contribution in [2.45, 2.75) is 26.8 Å². The number of carboxylic acids is 1. The molecule has 1 aromatic carbocycles. The highest BCUT2D eigenvalue weighted by molar-refractivity contribution is 6.05. The fourth-order valence-electron chi connectivity index (χ4n) is 2.36. The number of hydrogen-bond acceptors (Lipinski definition) is 3. The molecule has 1 aliphatic rings.